The van der Waals surface area contributed by atoms with Crippen LogP contribution in [0.2, 0.25) is 0 Å². The highest BCUT2D eigenvalue weighted by molar-refractivity contribution is 9.10. The molecule has 1 aliphatic heterocycles. The topological polar surface area (TPSA) is 9.23 Å². The average Bonchev–Trinajstić information content (AvgIpc) is 3.19. The first-order chi connectivity index (χ1) is 17.3. The number of benzene rings is 6. The van der Waals surface area contributed by atoms with Gasteiger partial charge in [-0.05, 0) is 45.2 Å². The van der Waals surface area contributed by atoms with Crippen LogP contribution in [0.5, 0.6) is 11.5 Å². The van der Waals surface area contributed by atoms with Gasteiger partial charge in [-0.25, -0.2) is 0 Å². The lowest BCUT2D eigenvalue weighted by molar-refractivity contribution is 0.447. The van der Waals surface area contributed by atoms with Gasteiger partial charge in [0.2, 0.25) is 0 Å². The Morgan fingerprint density at radius 3 is 1.74 bits per heavy atom. The molecule has 0 unspecified atom stereocenters. The van der Waals surface area contributed by atoms with Crippen LogP contribution in [0.1, 0.15) is 22.3 Å². The molecular formula is C33H19BrO. The van der Waals surface area contributed by atoms with Gasteiger partial charge in [-0.15, -0.1) is 0 Å². The number of halogens is 1. The van der Waals surface area contributed by atoms with Crippen LogP contribution in [-0.4, -0.2) is 0 Å². The molecule has 1 aliphatic carbocycles. The minimum absolute atomic E-state index is 0.466. The summed E-state index contributed by atoms with van der Waals surface area (Å²) in [5.74, 6) is 1.91. The van der Waals surface area contributed by atoms with Gasteiger partial charge in [-0.1, -0.05) is 119 Å². The SMILES string of the molecule is Brc1ccc2c(c1)C1(c3ccccc3-2)c2ccc3ccccc3c2Oc2c1ccc1ccccc21. The van der Waals surface area contributed by atoms with E-state index in [2.05, 4.69) is 131 Å². The molecular weight excluding hydrogens is 492 g/mol. The lowest BCUT2D eigenvalue weighted by atomic mass is 9.65. The first kappa shape index (κ1) is 19.4. The monoisotopic (exact) mass is 510 g/mol. The van der Waals surface area contributed by atoms with E-state index in [0.29, 0.717) is 0 Å². The lowest BCUT2D eigenvalue weighted by Gasteiger charge is -2.40. The third-order valence-corrected chi connectivity index (χ3v) is 8.27. The Balaban J connectivity index is 1.64. The molecule has 0 bridgehead atoms. The Morgan fingerprint density at radius 1 is 0.486 bits per heavy atom. The van der Waals surface area contributed by atoms with Crippen molar-refractivity contribution in [1.82, 2.24) is 0 Å². The third-order valence-electron chi connectivity index (χ3n) is 7.78. The van der Waals surface area contributed by atoms with E-state index in [1.807, 2.05) is 0 Å². The van der Waals surface area contributed by atoms with Crippen molar-refractivity contribution >= 4 is 37.5 Å². The standard InChI is InChI=1S/C33H19BrO/c34-22-15-16-26-25-11-5-6-12-27(25)33(30(26)19-22)28-17-13-20-7-1-3-9-23(20)31(28)35-32-24-10-4-2-8-21(24)14-18-29(32)33/h1-19H. The van der Waals surface area contributed by atoms with Gasteiger partial charge in [-0.2, -0.15) is 0 Å². The Morgan fingerprint density at radius 2 is 1.06 bits per heavy atom. The molecule has 2 heteroatoms. The Bertz CT molecular complexity index is 1760. The summed E-state index contributed by atoms with van der Waals surface area (Å²) in [6, 6.07) is 41.7. The van der Waals surface area contributed by atoms with Crippen molar-refractivity contribution in [3.05, 3.63) is 142 Å². The normalized spacial score (nSPS) is 14.3. The maximum Gasteiger partial charge on any atom is 0.140 e. The Hall–Kier alpha value is -3.88. The maximum absolute atomic E-state index is 6.94. The van der Waals surface area contributed by atoms with Gasteiger partial charge in [0, 0.05) is 26.4 Å². The van der Waals surface area contributed by atoms with E-state index < -0.39 is 5.41 Å². The van der Waals surface area contributed by atoms with Crippen molar-refractivity contribution in [1.29, 1.82) is 0 Å². The zero-order chi connectivity index (χ0) is 23.1. The van der Waals surface area contributed by atoms with Crippen LogP contribution < -0.4 is 4.74 Å². The van der Waals surface area contributed by atoms with Crippen molar-refractivity contribution < 1.29 is 4.74 Å². The number of fused-ring (bicyclic) bond motifs is 13. The molecule has 0 radical (unpaired) electrons. The molecule has 6 aromatic carbocycles. The second-order valence-electron chi connectivity index (χ2n) is 9.41. The average molecular weight is 511 g/mol. The fourth-order valence-electron chi connectivity index (χ4n) is 6.38. The fourth-order valence-corrected chi connectivity index (χ4v) is 6.74. The molecule has 0 N–H and O–H groups in total. The molecule has 164 valence electrons. The summed E-state index contributed by atoms with van der Waals surface area (Å²) in [4.78, 5) is 0. The van der Waals surface area contributed by atoms with Crippen LogP contribution in [0, 0.1) is 0 Å². The van der Waals surface area contributed by atoms with Crippen LogP contribution in [0.4, 0.5) is 0 Å². The quantitative estimate of drug-likeness (QED) is 0.197. The van der Waals surface area contributed by atoms with E-state index in [1.165, 1.54) is 44.2 Å². The molecule has 0 amide bonds. The van der Waals surface area contributed by atoms with E-state index in [-0.39, 0.29) is 0 Å². The molecule has 1 spiro atoms. The summed E-state index contributed by atoms with van der Waals surface area (Å²) in [7, 11) is 0. The summed E-state index contributed by atoms with van der Waals surface area (Å²) >= 11 is 3.79. The van der Waals surface area contributed by atoms with Gasteiger partial charge in [0.15, 0.2) is 0 Å². The largest absolute Gasteiger partial charge is 0.455 e. The summed E-state index contributed by atoms with van der Waals surface area (Å²) in [5.41, 5.74) is 7.10. The van der Waals surface area contributed by atoms with Crippen molar-refractivity contribution in [2.75, 3.05) is 0 Å². The Kier molecular flexibility index (Phi) is 3.80. The maximum atomic E-state index is 6.94. The van der Waals surface area contributed by atoms with Crippen LogP contribution in [0.25, 0.3) is 32.7 Å². The minimum Gasteiger partial charge on any atom is -0.455 e. The number of hydrogen-bond acceptors (Lipinski definition) is 1. The first-order valence-electron chi connectivity index (χ1n) is 11.9. The minimum atomic E-state index is -0.466. The van der Waals surface area contributed by atoms with Crippen molar-refractivity contribution in [2.24, 2.45) is 0 Å². The van der Waals surface area contributed by atoms with Crippen LogP contribution >= 0.6 is 15.9 Å². The van der Waals surface area contributed by atoms with Crippen molar-refractivity contribution in [2.45, 2.75) is 5.41 Å². The predicted octanol–water partition coefficient (Wildman–Crippen LogP) is 9.22. The van der Waals surface area contributed by atoms with E-state index in [4.69, 9.17) is 4.74 Å². The van der Waals surface area contributed by atoms with E-state index >= 15 is 0 Å². The zero-order valence-corrected chi connectivity index (χ0v) is 20.3. The number of rotatable bonds is 0. The molecule has 1 heterocycles. The molecule has 0 fully saturated rings. The van der Waals surface area contributed by atoms with Gasteiger partial charge < -0.3 is 4.74 Å². The van der Waals surface area contributed by atoms with Gasteiger partial charge in [0.25, 0.3) is 0 Å². The molecule has 6 aromatic rings. The van der Waals surface area contributed by atoms with Crippen molar-refractivity contribution in [3.8, 4) is 22.6 Å². The van der Waals surface area contributed by atoms with E-state index in [0.717, 1.165) is 26.7 Å². The lowest BCUT2D eigenvalue weighted by Crippen LogP contribution is -2.32. The highest BCUT2D eigenvalue weighted by atomic mass is 79.9. The molecule has 8 rings (SSSR count). The highest BCUT2D eigenvalue weighted by Gasteiger charge is 2.51. The second-order valence-corrected chi connectivity index (χ2v) is 10.3. The Labute approximate surface area is 211 Å². The zero-order valence-electron chi connectivity index (χ0n) is 18.8. The van der Waals surface area contributed by atoms with Crippen molar-refractivity contribution in [3.63, 3.8) is 0 Å². The number of ether oxygens (including phenoxy) is 1. The summed E-state index contributed by atoms with van der Waals surface area (Å²) in [6.07, 6.45) is 0. The molecule has 1 nitrogen and oxygen atoms in total. The van der Waals surface area contributed by atoms with Crippen LogP contribution in [0.15, 0.2) is 120 Å². The summed E-state index contributed by atoms with van der Waals surface area (Å²) in [6.45, 7) is 0. The molecule has 0 saturated carbocycles. The van der Waals surface area contributed by atoms with Gasteiger partial charge in [0.05, 0.1) is 5.41 Å². The van der Waals surface area contributed by atoms with Crippen LogP contribution in [0.3, 0.4) is 0 Å². The number of hydrogen-bond donors (Lipinski definition) is 0. The van der Waals surface area contributed by atoms with E-state index in [9.17, 15) is 0 Å². The van der Waals surface area contributed by atoms with E-state index in [1.54, 1.807) is 0 Å². The first-order valence-corrected chi connectivity index (χ1v) is 12.7. The van der Waals surface area contributed by atoms with Gasteiger partial charge in [-0.3, -0.25) is 0 Å². The smallest absolute Gasteiger partial charge is 0.140 e. The second kappa shape index (κ2) is 6.84. The molecule has 0 aromatic heterocycles. The van der Waals surface area contributed by atoms with Crippen LogP contribution in [-0.2, 0) is 5.41 Å². The van der Waals surface area contributed by atoms with Gasteiger partial charge >= 0.3 is 0 Å². The fraction of sp³-hybridized carbons (Fsp3) is 0.0303. The molecule has 0 atom stereocenters. The molecule has 0 saturated heterocycles. The molecule has 35 heavy (non-hydrogen) atoms. The predicted molar refractivity (Wildman–Crippen MR) is 147 cm³/mol. The third kappa shape index (κ3) is 2.38. The highest BCUT2D eigenvalue weighted by Crippen LogP contribution is 2.64. The van der Waals surface area contributed by atoms with Gasteiger partial charge in [0.1, 0.15) is 11.5 Å². The summed E-state index contributed by atoms with van der Waals surface area (Å²) in [5, 5.41) is 4.66. The molecule has 2 aliphatic rings. The summed E-state index contributed by atoms with van der Waals surface area (Å²) < 4.78 is 8.02.